The van der Waals surface area contributed by atoms with Gasteiger partial charge in [0.1, 0.15) is 0 Å². The molecule has 168 valence electrons. The number of rotatable bonds is 3. The van der Waals surface area contributed by atoms with Crippen molar-refractivity contribution in [3.63, 3.8) is 0 Å². The van der Waals surface area contributed by atoms with E-state index in [1.165, 1.54) is 22.4 Å². The molecule has 0 aromatic heterocycles. The Morgan fingerprint density at radius 1 is 0.853 bits per heavy atom. The lowest BCUT2D eigenvalue weighted by atomic mass is 9.82. The minimum absolute atomic E-state index is 0.00704. The number of hydrogen-bond donors (Lipinski definition) is 0. The predicted molar refractivity (Wildman–Crippen MR) is 146 cm³/mol. The zero-order chi connectivity index (χ0) is 23.1. The van der Waals surface area contributed by atoms with Crippen LogP contribution in [0.2, 0.25) is 10.0 Å². The van der Waals surface area contributed by atoms with Crippen LogP contribution < -0.4 is 0 Å². The molecule has 0 saturated carbocycles. The topological polar surface area (TPSA) is 15.6 Å². The Balaban J connectivity index is 1.53. The molecule has 5 heteroatoms. The number of nitrogens with zero attached hydrogens (tertiary/aromatic N) is 2. The normalized spacial score (nSPS) is 20.7. The molecule has 2 nitrogen and oxygen atoms in total. The van der Waals surface area contributed by atoms with Crippen LogP contribution in [0.3, 0.4) is 0 Å². The molecular weight excluding hydrogens is 479 g/mol. The second-order valence-corrected chi connectivity index (χ2v) is 10.2. The first-order valence-electron chi connectivity index (χ1n) is 11.4. The van der Waals surface area contributed by atoms with Gasteiger partial charge in [-0.3, -0.25) is 0 Å². The van der Waals surface area contributed by atoms with Crippen LogP contribution in [0, 0.1) is 0 Å². The van der Waals surface area contributed by atoms with Gasteiger partial charge >= 0.3 is 0 Å². The molecule has 0 spiro atoms. The van der Waals surface area contributed by atoms with Gasteiger partial charge in [-0.2, -0.15) is 0 Å². The lowest BCUT2D eigenvalue weighted by Gasteiger charge is -2.40. The molecule has 0 radical (unpaired) electrons. The number of thioether (sulfide) groups is 1. The predicted octanol–water partition coefficient (Wildman–Crippen LogP) is 8.97. The summed E-state index contributed by atoms with van der Waals surface area (Å²) in [7, 11) is 0. The highest BCUT2D eigenvalue weighted by atomic mass is 35.5. The molecule has 6 rings (SSSR count). The van der Waals surface area contributed by atoms with Crippen LogP contribution in [0.25, 0.3) is 11.8 Å². The summed E-state index contributed by atoms with van der Waals surface area (Å²) in [5.41, 5.74) is 8.17. The van der Waals surface area contributed by atoms with E-state index in [4.69, 9.17) is 28.2 Å². The van der Waals surface area contributed by atoms with E-state index >= 15 is 0 Å². The summed E-state index contributed by atoms with van der Waals surface area (Å²) < 4.78 is 0. The highest BCUT2D eigenvalue weighted by Gasteiger charge is 2.40. The van der Waals surface area contributed by atoms with E-state index < -0.39 is 0 Å². The van der Waals surface area contributed by atoms with E-state index in [-0.39, 0.29) is 6.04 Å². The maximum Gasteiger partial charge on any atom is 0.174 e. The van der Waals surface area contributed by atoms with E-state index in [2.05, 4.69) is 64.9 Å². The lowest BCUT2D eigenvalue weighted by molar-refractivity contribution is 0.458. The first-order valence-corrected chi connectivity index (χ1v) is 13.1. The van der Waals surface area contributed by atoms with Crippen molar-refractivity contribution in [2.24, 2.45) is 4.99 Å². The van der Waals surface area contributed by atoms with Crippen molar-refractivity contribution in [3.05, 3.63) is 128 Å². The third kappa shape index (κ3) is 3.82. The van der Waals surface area contributed by atoms with Gasteiger partial charge < -0.3 is 4.90 Å². The second-order valence-electron chi connectivity index (χ2n) is 8.59. The minimum atomic E-state index is 0.00704. The third-order valence-corrected chi connectivity index (χ3v) is 8.07. The Labute approximate surface area is 214 Å². The molecule has 34 heavy (non-hydrogen) atoms. The van der Waals surface area contributed by atoms with Crippen LogP contribution in [0.4, 0.5) is 0 Å². The number of fused-ring (bicyclic) bond motifs is 1. The summed E-state index contributed by atoms with van der Waals surface area (Å²) in [6, 6.07) is 26.8. The summed E-state index contributed by atoms with van der Waals surface area (Å²) >= 11 is 15.0. The highest BCUT2D eigenvalue weighted by Crippen LogP contribution is 2.52. The van der Waals surface area contributed by atoms with Crippen LogP contribution >= 0.6 is 35.0 Å². The van der Waals surface area contributed by atoms with Crippen molar-refractivity contribution in [1.82, 2.24) is 4.90 Å². The summed E-state index contributed by atoms with van der Waals surface area (Å²) in [5, 5.41) is 4.76. The Bertz CT molecular complexity index is 1390. The monoisotopic (exact) mass is 500 g/mol. The van der Waals surface area contributed by atoms with Crippen molar-refractivity contribution in [2.75, 3.05) is 0 Å². The minimum Gasteiger partial charge on any atom is -0.308 e. The summed E-state index contributed by atoms with van der Waals surface area (Å²) in [5.74, 6) is 0. The average Bonchev–Trinajstić information content (AvgIpc) is 3.29. The van der Waals surface area contributed by atoms with Crippen molar-refractivity contribution in [2.45, 2.75) is 25.3 Å². The maximum absolute atomic E-state index is 6.81. The summed E-state index contributed by atoms with van der Waals surface area (Å²) in [6.07, 6.45) is 5.27. The van der Waals surface area contributed by atoms with Gasteiger partial charge in [-0.15, -0.1) is 0 Å². The van der Waals surface area contributed by atoms with Crippen LogP contribution in [0.5, 0.6) is 0 Å². The van der Waals surface area contributed by atoms with Gasteiger partial charge in [-0.1, -0.05) is 102 Å². The molecular formula is C29H22Cl2N2S. The molecule has 0 N–H and O–H groups in total. The number of halogens is 2. The zero-order valence-electron chi connectivity index (χ0n) is 18.4. The zero-order valence-corrected chi connectivity index (χ0v) is 20.7. The highest BCUT2D eigenvalue weighted by molar-refractivity contribution is 8.16. The van der Waals surface area contributed by atoms with Gasteiger partial charge in [0.2, 0.25) is 0 Å². The fraction of sp³-hybridized carbons (Fsp3) is 0.138. The summed E-state index contributed by atoms with van der Waals surface area (Å²) in [6.45, 7) is 0. The second kappa shape index (κ2) is 9.14. The number of aliphatic imine (C=N–C) groups is 1. The van der Waals surface area contributed by atoms with Gasteiger partial charge in [0.05, 0.1) is 17.4 Å². The van der Waals surface area contributed by atoms with Crippen LogP contribution in [0.15, 0.2) is 106 Å². The number of amidine groups is 1. The molecule has 0 fully saturated rings. The third-order valence-electron chi connectivity index (χ3n) is 6.54. The molecule has 2 heterocycles. The molecule has 3 aromatic rings. The fourth-order valence-corrected chi connectivity index (χ4v) is 6.35. The average molecular weight is 501 g/mol. The van der Waals surface area contributed by atoms with E-state index in [0.29, 0.717) is 0 Å². The Morgan fingerprint density at radius 2 is 1.59 bits per heavy atom. The Kier molecular flexibility index (Phi) is 5.86. The van der Waals surface area contributed by atoms with Gasteiger partial charge in [0.15, 0.2) is 5.17 Å². The number of hydrogen-bond acceptors (Lipinski definition) is 3. The first kappa shape index (κ1) is 21.8. The van der Waals surface area contributed by atoms with Crippen LogP contribution in [0.1, 0.15) is 42.0 Å². The van der Waals surface area contributed by atoms with Gasteiger partial charge in [-0.25, -0.2) is 4.99 Å². The number of allylic oxidation sites excluding steroid dienone is 1. The Morgan fingerprint density at radius 3 is 2.38 bits per heavy atom. The molecule has 0 bridgehead atoms. The molecule has 3 aliphatic rings. The van der Waals surface area contributed by atoms with Crippen molar-refractivity contribution >= 4 is 51.9 Å². The van der Waals surface area contributed by atoms with Gasteiger partial charge in [0, 0.05) is 15.5 Å². The van der Waals surface area contributed by atoms with Crippen LogP contribution in [-0.4, -0.2) is 10.1 Å². The fourth-order valence-electron chi connectivity index (χ4n) is 4.99. The van der Waals surface area contributed by atoms with Gasteiger partial charge in [0.25, 0.3) is 0 Å². The van der Waals surface area contributed by atoms with E-state index in [9.17, 15) is 0 Å². The molecule has 1 aliphatic carbocycles. The van der Waals surface area contributed by atoms with Crippen molar-refractivity contribution in [3.8, 4) is 0 Å². The van der Waals surface area contributed by atoms with E-state index in [1.54, 1.807) is 11.8 Å². The van der Waals surface area contributed by atoms with E-state index in [1.807, 2.05) is 30.3 Å². The van der Waals surface area contributed by atoms with Gasteiger partial charge in [-0.05, 0) is 65.3 Å². The number of benzene rings is 3. The van der Waals surface area contributed by atoms with Crippen molar-refractivity contribution in [1.29, 1.82) is 0 Å². The van der Waals surface area contributed by atoms with E-state index in [0.717, 1.165) is 51.3 Å². The molecule has 0 unspecified atom stereocenters. The largest absolute Gasteiger partial charge is 0.308 e. The molecule has 2 aliphatic heterocycles. The quantitative estimate of drug-likeness (QED) is 0.356. The molecule has 0 saturated heterocycles. The molecule has 3 aromatic carbocycles. The lowest BCUT2D eigenvalue weighted by Crippen LogP contribution is -2.35. The SMILES string of the molecule is Clc1ccccc1/C=C1/CCCC2=C1N=C1SC=C(c3ccccc3)N1[C@@H]2c1ccccc1Cl. The van der Waals surface area contributed by atoms with Crippen LogP contribution in [-0.2, 0) is 0 Å². The Hall–Kier alpha value is -2.72. The standard InChI is InChI=1S/C29H22Cl2N2S/c30-24-15-6-4-11-20(24)17-21-12-8-14-23-27(21)32-29-33(28(23)22-13-5-7-16-25(22)31)26(18-34-29)19-9-2-1-3-10-19/h1-7,9-11,13,15-18,28H,8,12,14H2/b21-17-/t28-/m1/s1. The van der Waals surface area contributed by atoms with Crippen molar-refractivity contribution < 1.29 is 0 Å². The molecule has 1 atom stereocenters. The summed E-state index contributed by atoms with van der Waals surface area (Å²) in [4.78, 5) is 7.61. The molecule has 0 amide bonds. The first-order chi connectivity index (χ1) is 16.7. The smallest absolute Gasteiger partial charge is 0.174 e. The maximum atomic E-state index is 6.81.